The number of nitrogens with one attached hydrogen (secondary N) is 1. The highest BCUT2D eigenvalue weighted by molar-refractivity contribution is 7.09. The third-order valence-electron chi connectivity index (χ3n) is 4.51. The van der Waals surface area contributed by atoms with Gasteiger partial charge in [0.2, 0.25) is 0 Å². The number of carbonyl (C=O) groups excluding carboxylic acids is 1. The van der Waals surface area contributed by atoms with Crippen molar-refractivity contribution < 1.29 is 9.90 Å². The van der Waals surface area contributed by atoms with Crippen LogP contribution in [-0.4, -0.2) is 32.3 Å². The van der Waals surface area contributed by atoms with Crippen molar-refractivity contribution in [3.8, 4) is 0 Å². The molecule has 0 aliphatic heterocycles. The van der Waals surface area contributed by atoms with E-state index in [4.69, 9.17) is 0 Å². The number of amides is 1. The normalized spacial score (nSPS) is 12.2. The zero-order chi connectivity index (χ0) is 19.5. The number of pyridine rings is 1. The van der Waals surface area contributed by atoms with Crippen molar-refractivity contribution in [2.75, 3.05) is 6.54 Å². The Labute approximate surface area is 166 Å². The van der Waals surface area contributed by atoms with Gasteiger partial charge in [-0.15, -0.1) is 11.3 Å². The van der Waals surface area contributed by atoms with Crippen LogP contribution in [0.2, 0.25) is 0 Å². The third-order valence-corrected chi connectivity index (χ3v) is 5.37. The number of fused-ring (bicyclic) bond motifs is 1. The summed E-state index contributed by atoms with van der Waals surface area (Å²) in [5.41, 5.74) is 2.71. The van der Waals surface area contributed by atoms with Gasteiger partial charge in [-0.25, -0.2) is 9.67 Å². The van der Waals surface area contributed by atoms with E-state index in [-0.39, 0.29) is 12.5 Å². The second kappa shape index (κ2) is 7.92. The number of aryl methyl sites for hydroxylation is 1. The van der Waals surface area contributed by atoms with E-state index in [1.54, 1.807) is 23.6 Å². The number of rotatable bonds is 6. The molecule has 1 amide bonds. The number of hydrogen-bond acceptors (Lipinski definition) is 5. The van der Waals surface area contributed by atoms with Crippen LogP contribution in [0, 0.1) is 6.92 Å². The lowest BCUT2D eigenvalue weighted by Gasteiger charge is -2.13. The van der Waals surface area contributed by atoms with E-state index in [1.165, 1.54) is 4.88 Å². The summed E-state index contributed by atoms with van der Waals surface area (Å²) in [5, 5.41) is 20.3. The fourth-order valence-corrected chi connectivity index (χ4v) is 3.79. The van der Waals surface area contributed by atoms with E-state index in [2.05, 4.69) is 15.4 Å². The molecule has 4 rings (SSSR count). The fraction of sp³-hybridized carbons (Fsp3) is 0.190. The first-order valence-electron chi connectivity index (χ1n) is 8.98. The monoisotopic (exact) mass is 392 g/mol. The number of nitrogens with zero attached hydrogens (tertiary/aromatic N) is 3. The van der Waals surface area contributed by atoms with Crippen LogP contribution in [0.5, 0.6) is 0 Å². The molecule has 0 aliphatic rings. The molecule has 3 aromatic heterocycles. The first kappa shape index (κ1) is 18.3. The number of aliphatic hydroxyl groups excluding tert-OH is 1. The predicted octanol–water partition coefficient (Wildman–Crippen LogP) is 3.31. The number of aliphatic hydroxyl groups is 1. The minimum atomic E-state index is -0.759. The van der Waals surface area contributed by atoms with Crippen LogP contribution in [0.25, 0.3) is 11.0 Å². The summed E-state index contributed by atoms with van der Waals surface area (Å²) in [4.78, 5) is 18.5. The molecule has 4 aromatic rings. The fourth-order valence-electron chi connectivity index (χ4n) is 3.10. The summed E-state index contributed by atoms with van der Waals surface area (Å²) in [6, 6.07) is 15.1. The van der Waals surface area contributed by atoms with E-state index in [1.807, 2.05) is 59.5 Å². The minimum absolute atomic E-state index is 0.134. The largest absolute Gasteiger partial charge is 0.387 e. The smallest absolute Gasteiger partial charge is 0.252 e. The molecule has 1 unspecified atom stereocenters. The summed E-state index contributed by atoms with van der Waals surface area (Å²) < 4.78 is 1.81. The van der Waals surface area contributed by atoms with Crippen molar-refractivity contribution in [1.82, 2.24) is 20.1 Å². The van der Waals surface area contributed by atoms with Crippen LogP contribution in [0.15, 0.2) is 60.1 Å². The molecule has 28 heavy (non-hydrogen) atoms. The molecular weight excluding hydrogens is 372 g/mol. The lowest BCUT2D eigenvalue weighted by molar-refractivity contribution is 0.0918. The van der Waals surface area contributed by atoms with Crippen molar-refractivity contribution in [3.63, 3.8) is 0 Å². The molecule has 0 bridgehead atoms. The molecule has 0 aliphatic carbocycles. The quantitative estimate of drug-likeness (QED) is 0.528. The summed E-state index contributed by atoms with van der Waals surface area (Å²) in [6.07, 6.45) is 0.919. The minimum Gasteiger partial charge on any atom is -0.387 e. The number of carbonyl (C=O) groups is 1. The Balaban J connectivity index is 1.56. The number of thiophene rings is 1. The van der Waals surface area contributed by atoms with E-state index in [0.29, 0.717) is 23.1 Å². The molecule has 1 atom stereocenters. The van der Waals surface area contributed by atoms with Gasteiger partial charge in [-0.3, -0.25) is 4.79 Å². The van der Waals surface area contributed by atoms with Gasteiger partial charge in [0.15, 0.2) is 5.65 Å². The van der Waals surface area contributed by atoms with E-state index in [0.717, 1.165) is 11.3 Å². The molecule has 0 radical (unpaired) electrons. The summed E-state index contributed by atoms with van der Waals surface area (Å²) in [5.74, 6) is -0.249. The van der Waals surface area contributed by atoms with Gasteiger partial charge in [0.1, 0.15) is 0 Å². The highest BCUT2D eigenvalue weighted by Crippen LogP contribution is 2.21. The van der Waals surface area contributed by atoms with Crippen molar-refractivity contribution in [1.29, 1.82) is 0 Å². The molecule has 2 N–H and O–H groups in total. The van der Waals surface area contributed by atoms with Crippen molar-refractivity contribution in [2.45, 2.75) is 19.6 Å². The van der Waals surface area contributed by atoms with Crippen molar-refractivity contribution in [3.05, 3.63) is 81.8 Å². The summed E-state index contributed by atoms with van der Waals surface area (Å²) in [6.45, 7) is 2.61. The maximum atomic E-state index is 12.8. The van der Waals surface area contributed by atoms with Crippen LogP contribution >= 0.6 is 11.3 Å². The number of aromatic nitrogens is 3. The average Bonchev–Trinajstić information content (AvgIpc) is 3.36. The number of hydrogen-bond donors (Lipinski definition) is 2. The van der Waals surface area contributed by atoms with Gasteiger partial charge in [0, 0.05) is 17.1 Å². The lowest BCUT2D eigenvalue weighted by atomic mass is 10.1. The molecule has 3 heterocycles. The molecule has 1 aromatic carbocycles. The molecule has 0 spiro atoms. The van der Waals surface area contributed by atoms with Crippen LogP contribution in [-0.2, 0) is 6.54 Å². The highest BCUT2D eigenvalue weighted by atomic mass is 32.1. The van der Waals surface area contributed by atoms with E-state index in [9.17, 15) is 9.90 Å². The van der Waals surface area contributed by atoms with Gasteiger partial charge in [0.25, 0.3) is 5.91 Å². The Bertz CT molecular complexity index is 1090. The Morgan fingerprint density at radius 1 is 1.25 bits per heavy atom. The van der Waals surface area contributed by atoms with Gasteiger partial charge in [-0.2, -0.15) is 5.10 Å². The van der Waals surface area contributed by atoms with Gasteiger partial charge in [-0.05, 0) is 30.0 Å². The zero-order valence-corrected chi connectivity index (χ0v) is 16.2. The van der Waals surface area contributed by atoms with Crippen molar-refractivity contribution >= 4 is 28.3 Å². The van der Waals surface area contributed by atoms with Crippen LogP contribution in [0.1, 0.15) is 32.6 Å². The average molecular weight is 392 g/mol. The van der Waals surface area contributed by atoms with E-state index >= 15 is 0 Å². The third kappa shape index (κ3) is 3.81. The lowest BCUT2D eigenvalue weighted by Crippen LogP contribution is -2.28. The Hall–Kier alpha value is -3.03. The Morgan fingerprint density at radius 3 is 2.82 bits per heavy atom. The number of benzene rings is 1. The van der Waals surface area contributed by atoms with Crippen molar-refractivity contribution in [2.24, 2.45) is 0 Å². The zero-order valence-electron chi connectivity index (χ0n) is 15.4. The predicted molar refractivity (Wildman–Crippen MR) is 109 cm³/mol. The topological polar surface area (TPSA) is 80.0 Å². The molecule has 7 heteroatoms. The standard InChI is InChI=1S/C21H20N4O2S/c1-14-10-17(21(27)22-12-19(26)15-6-3-2-4-7-15)18-11-23-25(20(18)24-14)13-16-8-5-9-28-16/h2-11,19,26H,12-13H2,1H3,(H,22,27). The molecular formula is C21H20N4O2S. The second-order valence-electron chi connectivity index (χ2n) is 6.57. The highest BCUT2D eigenvalue weighted by Gasteiger charge is 2.17. The first-order chi connectivity index (χ1) is 13.6. The Kier molecular flexibility index (Phi) is 5.18. The van der Waals surface area contributed by atoms with E-state index < -0.39 is 6.10 Å². The van der Waals surface area contributed by atoms with Gasteiger partial charge < -0.3 is 10.4 Å². The summed E-state index contributed by atoms with van der Waals surface area (Å²) in [7, 11) is 0. The molecule has 0 fully saturated rings. The van der Waals surface area contributed by atoms with Gasteiger partial charge >= 0.3 is 0 Å². The summed E-state index contributed by atoms with van der Waals surface area (Å²) >= 11 is 1.66. The molecule has 142 valence electrons. The Morgan fingerprint density at radius 2 is 2.07 bits per heavy atom. The van der Waals surface area contributed by atoms with Gasteiger partial charge in [-0.1, -0.05) is 36.4 Å². The maximum Gasteiger partial charge on any atom is 0.252 e. The van der Waals surface area contributed by atoms with Crippen LogP contribution < -0.4 is 5.32 Å². The van der Waals surface area contributed by atoms with Gasteiger partial charge in [0.05, 0.1) is 29.8 Å². The molecule has 0 saturated carbocycles. The van der Waals surface area contributed by atoms with Crippen LogP contribution in [0.4, 0.5) is 0 Å². The SMILES string of the molecule is Cc1cc(C(=O)NCC(O)c2ccccc2)c2cnn(Cc3cccs3)c2n1. The molecule has 6 nitrogen and oxygen atoms in total. The second-order valence-corrected chi connectivity index (χ2v) is 7.60. The first-order valence-corrected chi connectivity index (χ1v) is 9.86. The molecule has 0 saturated heterocycles. The maximum absolute atomic E-state index is 12.8. The van der Waals surface area contributed by atoms with Crippen LogP contribution in [0.3, 0.4) is 0 Å².